The molecule has 1 unspecified atom stereocenters. The van der Waals surface area contributed by atoms with Gasteiger partial charge in [-0.25, -0.2) is 9.37 Å². The van der Waals surface area contributed by atoms with Crippen molar-refractivity contribution < 1.29 is 13.9 Å². The molecule has 4 rings (SSSR count). The van der Waals surface area contributed by atoms with Crippen molar-refractivity contribution in [2.45, 2.75) is 12.2 Å². The van der Waals surface area contributed by atoms with E-state index >= 15 is 0 Å². The van der Waals surface area contributed by atoms with Crippen LogP contribution < -0.4 is 15.2 Å². The molecule has 1 aliphatic heterocycles. The van der Waals surface area contributed by atoms with Gasteiger partial charge < -0.3 is 15.2 Å². The zero-order chi connectivity index (χ0) is 19.0. The van der Waals surface area contributed by atoms with Gasteiger partial charge in [-0.1, -0.05) is 35.3 Å². The number of hydrogen-bond donors (Lipinski definition) is 1. The predicted molar refractivity (Wildman–Crippen MR) is 102 cm³/mol. The second-order valence-corrected chi connectivity index (χ2v) is 6.95. The van der Waals surface area contributed by atoms with E-state index in [1.807, 2.05) is 0 Å². The van der Waals surface area contributed by atoms with Crippen LogP contribution in [-0.2, 0) is 12.2 Å². The average molecular weight is 405 g/mol. The summed E-state index contributed by atoms with van der Waals surface area (Å²) in [7, 11) is 0. The van der Waals surface area contributed by atoms with Crippen LogP contribution >= 0.6 is 23.2 Å². The van der Waals surface area contributed by atoms with Crippen molar-refractivity contribution in [3.05, 3.63) is 87.3 Å². The van der Waals surface area contributed by atoms with Gasteiger partial charge in [-0.2, -0.15) is 0 Å². The maximum Gasteiger partial charge on any atom is 0.311 e. The fraction of sp³-hybridized carbons (Fsp3) is 0.150. The summed E-state index contributed by atoms with van der Waals surface area (Å²) >= 11 is 12.4. The van der Waals surface area contributed by atoms with Crippen LogP contribution in [0.5, 0.6) is 11.6 Å². The zero-order valence-electron chi connectivity index (χ0n) is 14.1. The van der Waals surface area contributed by atoms with E-state index in [0.717, 1.165) is 5.56 Å². The molecule has 0 amide bonds. The molecule has 0 bridgehead atoms. The summed E-state index contributed by atoms with van der Waals surface area (Å²) in [6.07, 6.45) is 2.30. The van der Waals surface area contributed by atoms with E-state index in [2.05, 4.69) is 4.98 Å². The van der Waals surface area contributed by atoms with Gasteiger partial charge in [0.1, 0.15) is 5.82 Å². The molecule has 2 N–H and O–H groups in total. The van der Waals surface area contributed by atoms with E-state index in [9.17, 15) is 4.39 Å². The Balaban J connectivity index is 1.90. The Bertz CT molecular complexity index is 1020. The Kier molecular flexibility index (Phi) is 4.68. The molecular formula is C20H15Cl2FN2O2. The van der Waals surface area contributed by atoms with Gasteiger partial charge in [-0.05, 0) is 54.9 Å². The lowest BCUT2D eigenvalue weighted by Crippen LogP contribution is -2.38. The van der Waals surface area contributed by atoms with Gasteiger partial charge in [-0.3, -0.25) is 0 Å². The Morgan fingerprint density at radius 3 is 2.59 bits per heavy atom. The van der Waals surface area contributed by atoms with Crippen LogP contribution in [0.15, 0.2) is 54.7 Å². The standard InChI is InChI=1S/C20H15Cl2FN2O2/c21-13-5-6-14(16(22)10-13)20(15-3-1-2-4-17(15)23)26-18-9-12(7-8-24)11-25-19(18)27-20/h1-6,9-11H,7-8,24H2. The molecule has 2 heterocycles. The van der Waals surface area contributed by atoms with Crippen LogP contribution in [0.1, 0.15) is 16.7 Å². The first-order chi connectivity index (χ1) is 13.0. The van der Waals surface area contributed by atoms with Gasteiger partial charge in [0.05, 0.1) is 16.1 Å². The van der Waals surface area contributed by atoms with Crippen LogP contribution in [0.3, 0.4) is 0 Å². The van der Waals surface area contributed by atoms with Gasteiger partial charge in [0, 0.05) is 11.2 Å². The summed E-state index contributed by atoms with van der Waals surface area (Å²) in [5.41, 5.74) is 7.13. The molecule has 2 aromatic carbocycles. The molecule has 0 saturated heterocycles. The van der Waals surface area contributed by atoms with Gasteiger partial charge in [0.25, 0.3) is 5.88 Å². The fourth-order valence-electron chi connectivity index (χ4n) is 3.09. The minimum absolute atomic E-state index is 0.188. The molecule has 0 fully saturated rings. The Morgan fingerprint density at radius 1 is 1.04 bits per heavy atom. The summed E-state index contributed by atoms with van der Waals surface area (Å²) in [5.74, 6) is -1.44. The highest BCUT2D eigenvalue weighted by molar-refractivity contribution is 6.35. The minimum Gasteiger partial charge on any atom is -0.438 e. The van der Waals surface area contributed by atoms with E-state index < -0.39 is 11.6 Å². The number of rotatable bonds is 4. The maximum atomic E-state index is 14.7. The normalized spacial score (nSPS) is 17.9. The molecule has 4 nitrogen and oxygen atoms in total. The summed E-state index contributed by atoms with van der Waals surface area (Å²) in [4.78, 5) is 4.31. The molecule has 3 aromatic rings. The smallest absolute Gasteiger partial charge is 0.311 e. The fourth-order valence-corrected chi connectivity index (χ4v) is 3.62. The number of aromatic nitrogens is 1. The number of benzene rings is 2. The molecule has 7 heteroatoms. The summed E-state index contributed by atoms with van der Waals surface area (Å²) < 4.78 is 27.0. The van der Waals surface area contributed by atoms with Crippen molar-refractivity contribution in [3.8, 4) is 11.6 Å². The summed E-state index contributed by atoms with van der Waals surface area (Å²) in [5, 5.41) is 0.743. The Morgan fingerprint density at radius 2 is 1.85 bits per heavy atom. The van der Waals surface area contributed by atoms with Gasteiger partial charge in [-0.15, -0.1) is 0 Å². The van der Waals surface area contributed by atoms with E-state index in [1.165, 1.54) is 6.07 Å². The predicted octanol–water partition coefficient (Wildman–Crippen LogP) is 4.70. The molecular weight excluding hydrogens is 390 g/mol. The maximum absolute atomic E-state index is 14.7. The molecule has 1 atom stereocenters. The highest BCUT2D eigenvalue weighted by atomic mass is 35.5. The van der Waals surface area contributed by atoms with Crippen LogP contribution in [0.2, 0.25) is 10.0 Å². The van der Waals surface area contributed by atoms with Crippen LogP contribution in [0.4, 0.5) is 4.39 Å². The van der Waals surface area contributed by atoms with E-state index in [-0.39, 0.29) is 11.4 Å². The Hall–Kier alpha value is -2.34. The first-order valence-corrected chi connectivity index (χ1v) is 9.06. The van der Waals surface area contributed by atoms with Crippen molar-refractivity contribution in [3.63, 3.8) is 0 Å². The number of pyridine rings is 1. The quantitative estimate of drug-likeness (QED) is 0.684. The van der Waals surface area contributed by atoms with Crippen molar-refractivity contribution >= 4 is 23.2 Å². The molecule has 0 spiro atoms. The molecule has 0 radical (unpaired) electrons. The lowest BCUT2D eigenvalue weighted by molar-refractivity contribution is -0.0503. The average Bonchev–Trinajstić information content (AvgIpc) is 3.01. The third-order valence-electron chi connectivity index (χ3n) is 4.32. The number of hydrogen-bond acceptors (Lipinski definition) is 4. The summed E-state index contributed by atoms with van der Waals surface area (Å²) in [6, 6.07) is 12.9. The number of nitrogens with two attached hydrogens (primary N) is 1. The van der Waals surface area contributed by atoms with E-state index in [4.69, 9.17) is 38.4 Å². The van der Waals surface area contributed by atoms with Gasteiger partial charge >= 0.3 is 5.79 Å². The number of fused-ring (bicyclic) bond motifs is 1. The SMILES string of the molecule is NCCc1cnc2c(c1)OC(c1ccccc1F)(c1ccc(Cl)cc1Cl)O2. The molecule has 27 heavy (non-hydrogen) atoms. The Labute approximate surface area is 165 Å². The number of halogens is 3. The largest absolute Gasteiger partial charge is 0.438 e. The molecule has 0 saturated carbocycles. The first-order valence-electron chi connectivity index (χ1n) is 8.31. The second-order valence-electron chi connectivity index (χ2n) is 6.11. The van der Waals surface area contributed by atoms with Gasteiger partial charge in [0.15, 0.2) is 5.75 Å². The van der Waals surface area contributed by atoms with Gasteiger partial charge in [0.2, 0.25) is 0 Å². The third kappa shape index (κ3) is 3.12. The molecule has 1 aliphatic rings. The van der Waals surface area contributed by atoms with Crippen molar-refractivity contribution in [2.75, 3.05) is 6.54 Å². The minimum atomic E-state index is -1.61. The topological polar surface area (TPSA) is 57.4 Å². The second kappa shape index (κ2) is 7.00. The van der Waals surface area contributed by atoms with Crippen molar-refractivity contribution in [1.82, 2.24) is 4.98 Å². The number of nitrogens with zero attached hydrogens (tertiary/aromatic N) is 1. The molecule has 138 valence electrons. The summed E-state index contributed by atoms with van der Waals surface area (Å²) in [6.45, 7) is 0.475. The van der Waals surface area contributed by atoms with Crippen molar-refractivity contribution in [1.29, 1.82) is 0 Å². The van der Waals surface area contributed by atoms with E-state index in [0.29, 0.717) is 34.3 Å². The van der Waals surface area contributed by atoms with Crippen LogP contribution in [-0.4, -0.2) is 11.5 Å². The third-order valence-corrected chi connectivity index (χ3v) is 4.86. The highest BCUT2D eigenvalue weighted by Crippen LogP contribution is 2.49. The van der Waals surface area contributed by atoms with Crippen LogP contribution in [0, 0.1) is 5.82 Å². The number of ether oxygens (including phenoxy) is 2. The lowest BCUT2D eigenvalue weighted by Gasteiger charge is -2.29. The highest BCUT2D eigenvalue weighted by Gasteiger charge is 2.49. The van der Waals surface area contributed by atoms with E-state index in [1.54, 1.807) is 48.7 Å². The van der Waals surface area contributed by atoms with Crippen molar-refractivity contribution in [2.24, 2.45) is 5.73 Å². The zero-order valence-corrected chi connectivity index (χ0v) is 15.6. The molecule has 0 aliphatic carbocycles. The monoisotopic (exact) mass is 404 g/mol. The lowest BCUT2D eigenvalue weighted by atomic mass is 9.96. The van der Waals surface area contributed by atoms with Crippen LogP contribution in [0.25, 0.3) is 0 Å². The molecule has 1 aromatic heterocycles. The first kappa shape index (κ1) is 18.0.